The highest BCUT2D eigenvalue weighted by Gasteiger charge is 2.25. The number of amides is 1. The quantitative estimate of drug-likeness (QED) is 0.611. The number of aliphatic hydroxyl groups is 2. The van der Waals surface area contributed by atoms with Crippen LogP contribution in [0.3, 0.4) is 0 Å². The highest BCUT2D eigenvalue weighted by Crippen LogP contribution is 2.19. The zero-order valence-electron chi connectivity index (χ0n) is 11.2. The second-order valence-corrected chi connectivity index (χ2v) is 7.84. The van der Waals surface area contributed by atoms with Crippen molar-refractivity contribution in [1.29, 1.82) is 0 Å². The maximum absolute atomic E-state index is 12.1. The molecule has 0 spiro atoms. The smallest absolute Gasteiger partial charge is 0.252 e. The van der Waals surface area contributed by atoms with Gasteiger partial charge in [0.05, 0.1) is 13.2 Å². The van der Waals surface area contributed by atoms with Crippen LogP contribution >= 0.6 is 11.3 Å². The summed E-state index contributed by atoms with van der Waals surface area (Å²) in [7, 11) is -2.37. The third-order valence-corrected chi connectivity index (χ3v) is 5.71. The van der Waals surface area contributed by atoms with Gasteiger partial charge in [0.25, 0.3) is 10.0 Å². The molecule has 3 N–H and O–H groups in total. The fraction of sp³-hybridized carbons (Fsp3) is 0.545. The third-order valence-electron chi connectivity index (χ3n) is 2.53. The molecule has 0 aliphatic carbocycles. The molecular formula is C11H18N2O5S2. The zero-order valence-corrected chi connectivity index (χ0v) is 12.9. The molecule has 0 aliphatic heterocycles. The van der Waals surface area contributed by atoms with Gasteiger partial charge in [0, 0.05) is 13.6 Å². The molecule has 1 heterocycles. The number of hydrogen-bond acceptors (Lipinski definition) is 6. The monoisotopic (exact) mass is 322 g/mol. The Hall–Kier alpha value is -1.00. The largest absolute Gasteiger partial charge is 0.393 e. The maximum atomic E-state index is 12.1. The molecule has 114 valence electrons. The van der Waals surface area contributed by atoms with E-state index in [1.54, 1.807) is 11.4 Å². The van der Waals surface area contributed by atoms with Crippen LogP contribution in [-0.4, -0.2) is 61.2 Å². The lowest BCUT2D eigenvalue weighted by atomic mass is 10.1. The van der Waals surface area contributed by atoms with E-state index in [-0.39, 0.29) is 17.3 Å². The van der Waals surface area contributed by atoms with Crippen LogP contribution in [0.5, 0.6) is 0 Å². The van der Waals surface area contributed by atoms with Crippen molar-refractivity contribution < 1.29 is 23.4 Å². The van der Waals surface area contributed by atoms with Crippen molar-refractivity contribution in [3.05, 3.63) is 17.5 Å². The van der Waals surface area contributed by atoms with Gasteiger partial charge in [-0.1, -0.05) is 6.07 Å². The van der Waals surface area contributed by atoms with Crippen molar-refractivity contribution in [2.45, 2.75) is 16.7 Å². The summed E-state index contributed by atoms with van der Waals surface area (Å²) in [5.74, 6) is -0.554. The van der Waals surface area contributed by atoms with Gasteiger partial charge in [-0.15, -0.1) is 11.3 Å². The van der Waals surface area contributed by atoms with E-state index in [1.165, 1.54) is 20.0 Å². The predicted molar refractivity (Wildman–Crippen MR) is 74.9 cm³/mol. The standard InChI is InChI=1S/C11H18N2O5S2/c1-11(16,8-14)7-12-9(15)6-13(2)20(17,18)10-4-3-5-19-10/h3-5,14,16H,6-8H2,1-2H3,(H,12,15). The number of carbonyl (C=O) groups is 1. The summed E-state index contributed by atoms with van der Waals surface area (Å²) in [5.41, 5.74) is -1.43. The molecule has 0 bridgehead atoms. The van der Waals surface area contributed by atoms with Gasteiger partial charge in [-0.3, -0.25) is 4.79 Å². The van der Waals surface area contributed by atoms with E-state index in [4.69, 9.17) is 5.11 Å². The van der Waals surface area contributed by atoms with Gasteiger partial charge in [0.1, 0.15) is 9.81 Å². The highest BCUT2D eigenvalue weighted by molar-refractivity contribution is 7.91. The molecule has 1 amide bonds. The van der Waals surface area contributed by atoms with Crippen LogP contribution in [-0.2, 0) is 14.8 Å². The molecule has 0 aliphatic rings. The van der Waals surface area contributed by atoms with Crippen molar-refractivity contribution >= 4 is 27.3 Å². The van der Waals surface area contributed by atoms with Crippen molar-refractivity contribution in [1.82, 2.24) is 9.62 Å². The molecular weight excluding hydrogens is 304 g/mol. The predicted octanol–water partition coefficient (Wildman–Crippen LogP) is -0.772. The Labute approximate surface area is 121 Å². The van der Waals surface area contributed by atoms with Gasteiger partial charge in [-0.25, -0.2) is 8.42 Å². The first-order valence-electron chi connectivity index (χ1n) is 5.79. The van der Waals surface area contributed by atoms with Crippen molar-refractivity contribution in [2.24, 2.45) is 0 Å². The Morgan fingerprint density at radius 2 is 2.20 bits per heavy atom. The number of likely N-dealkylation sites (N-methyl/N-ethyl adjacent to an activating group) is 1. The average Bonchev–Trinajstić information content (AvgIpc) is 2.91. The van der Waals surface area contributed by atoms with Gasteiger partial charge in [0.2, 0.25) is 5.91 Å². The SMILES string of the molecule is CN(CC(=O)NCC(C)(O)CO)S(=O)(=O)c1cccs1. The number of thiophene rings is 1. The van der Waals surface area contributed by atoms with Gasteiger partial charge < -0.3 is 15.5 Å². The number of carbonyl (C=O) groups excluding carboxylic acids is 1. The summed E-state index contributed by atoms with van der Waals surface area (Å²) in [6.07, 6.45) is 0. The molecule has 20 heavy (non-hydrogen) atoms. The second kappa shape index (κ2) is 6.64. The number of hydrogen-bond donors (Lipinski definition) is 3. The average molecular weight is 322 g/mol. The molecule has 0 saturated heterocycles. The number of aliphatic hydroxyl groups excluding tert-OH is 1. The van der Waals surface area contributed by atoms with E-state index in [0.29, 0.717) is 0 Å². The number of rotatable bonds is 7. The molecule has 1 aromatic rings. The molecule has 0 aromatic carbocycles. The first-order valence-corrected chi connectivity index (χ1v) is 8.11. The second-order valence-electron chi connectivity index (χ2n) is 4.62. The fourth-order valence-electron chi connectivity index (χ4n) is 1.25. The summed E-state index contributed by atoms with van der Waals surface area (Å²) in [4.78, 5) is 11.6. The Morgan fingerprint density at radius 3 is 2.70 bits per heavy atom. The number of nitrogens with zero attached hydrogens (tertiary/aromatic N) is 1. The Morgan fingerprint density at radius 1 is 1.55 bits per heavy atom. The molecule has 1 aromatic heterocycles. The van der Waals surface area contributed by atoms with E-state index >= 15 is 0 Å². The fourth-order valence-corrected chi connectivity index (χ4v) is 3.58. The van der Waals surface area contributed by atoms with Crippen LogP contribution in [0.2, 0.25) is 0 Å². The van der Waals surface area contributed by atoms with Gasteiger partial charge >= 0.3 is 0 Å². The third kappa shape index (κ3) is 4.53. The van der Waals surface area contributed by atoms with Crippen LogP contribution in [0.25, 0.3) is 0 Å². The summed E-state index contributed by atoms with van der Waals surface area (Å²) >= 11 is 1.07. The number of sulfonamides is 1. The minimum atomic E-state index is -3.67. The minimum absolute atomic E-state index is 0.158. The molecule has 0 radical (unpaired) electrons. The first kappa shape index (κ1) is 17.1. The Balaban J connectivity index is 2.58. The van der Waals surface area contributed by atoms with E-state index in [9.17, 15) is 18.3 Å². The van der Waals surface area contributed by atoms with Crippen molar-refractivity contribution in [3.8, 4) is 0 Å². The van der Waals surface area contributed by atoms with Gasteiger partial charge in [0.15, 0.2) is 0 Å². The molecule has 7 nitrogen and oxygen atoms in total. The van der Waals surface area contributed by atoms with Gasteiger partial charge in [-0.2, -0.15) is 4.31 Å². The van der Waals surface area contributed by atoms with Crippen molar-refractivity contribution in [2.75, 3.05) is 26.7 Å². The normalized spacial score (nSPS) is 15.1. The molecule has 0 saturated carbocycles. The van der Waals surface area contributed by atoms with Gasteiger partial charge in [-0.05, 0) is 18.4 Å². The highest BCUT2D eigenvalue weighted by atomic mass is 32.2. The van der Waals surface area contributed by atoms with E-state index < -0.39 is 28.1 Å². The van der Waals surface area contributed by atoms with Crippen LogP contribution in [0, 0.1) is 0 Å². The molecule has 0 fully saturated rings. The van der Waals surface area contributed by atoms with Crippen molar-refractivity contribution in [3.63, 3.8) is 0 Å². The topological polar surface area (TPSA) is 107 Å². The van der Waals surface area contributed by atoms with Crippen LogP contribution in [0.15, 0.2) is 21.7 Å². The minimum Gasteiger partial charge on any atom is -0.393 e. The summed E-state index contributed by atoms with van der Waals surface area (Å²) in [6.45, 7) is 0.340. The summed E-state index contributed by atoms with van der Waals surface area (Å²) in [5, 5.41) is 22.4. The maximum Gasteiger partial charge on any atom is 0.252 e. The molecule has 9 heteroatoms. The zero-order chi connectivity index (χ0) is 15.4. The van der Waals surface area contributed by atoms with E-state index in [0.717, 1.165) is 15.6 Å². The van der Waals surface area contributed by atoms with Crippen LogP contribution < -0.4 is 5.32 Å². The van der Waals surface area contributed by atoms with Crippen LogP contribution in [0.1, 0.15) is 6.92 Å². The molecule has 1 atom stereocenters. The molecule has 1 rings (SSSR count). The first-order chi connectivity index (χ1) is 9.19. The lowest BCUT2D eigenvalue weighted by molar-refractivity contribution is -0.122. The number of nitrogens with one attached hydrogen (secondary N) is 1. The lowest BCUT2D eigenvalue weighted by Crippen LogP contribution is -2.46. The van der Waals surface area contributed by atoms with E-state index in [1.807, 2.05) is 0 Å². The Bertz CT molecular complexity index is 539. The lowest BCUT2D eigenvalue weighted by Gasteiger charge is -2.21. The Kier molecular flexibility index (Phi) is 5.66. The van der Waals surface area contributed by atoms with Crippen LogP contribution in [0.4, 0.5) is 0 Å². The molecule has 1 unspecified atom stereocenters. The van der Waals surface area contributed by atoms with E-state index in [2.05, 4.69) is 5.32 Å². The summed E-state index contributed by atoms with van der Waals surface area (Å²) in [6, 6.07) is 3.08. The summed E-state index contributed by atoms with van der Waals surface area (Å²) < 4.78 is 25.2.